The Kier molecular flexibility index (Phi) is 4.15. The van der Waals surface area contributed by atoms with E-state index in [4.69, 9.17) is 0 Å². The minimum Gasteiger partial charge on any atom is -0.285 e. The van der Waals surface area contributed by atoms with E-state index in [0.717, 1.165) is 22.3 Å². The number of ketones is 1. The molecule has 0 bridgehead atoms. The predicted octanol–water partition coefficient (Wildman–Crippen LogP) is 4.81. The Morgan fingerprint density at radius 1 is 0.885 bits per heavy atom. The van der Waals surface area contributed by atoms with Gasteiger partial charge in [-0.05, 0) is 31.2 Å². The first-order chi connectivity index (χ1) is 12.7. The first kappa shape index (κ1) is 16.0. The molecule has 4 rings (SSSR count). The smallest absolute Gasteiger partial charge is 0.228 e. The minimum absolute atomic E-state index is 0.144. The molecule has 0 saturated carbocycles. The van der Waals surface area contributed by atoms with E-state index >= 15 is 0 Å². The van der Waals surface area contributed by atoms with Crippen LogP contribution in [0.4, 0.5) is 5.69 Å². The number of hydrogen-bond acceptors (Lipinski definition) is 3. The number of imidazole rings is 1. The van der Waals surface area contributed by atoms with Crippen molar-refractivity contribution in [2.75, 3.05) is 0 Å². The number of carbonyl (C=O) groups is 1. The molecule has 0 unspecified atom stereocenters. The fraction of sp³-hybridized carbons (Fsp3) is 0.0455. The van der Waals surface area contributed by atoms with E-state index in [1.54, 1.807) is 23.0 Å². The molecule has 0 aliphatic heterocycles. The van der Waals surface area contributed by atoms with Crippen LogP contribution in [0.15, 0.2) is 90.2 Å². The van der Waals surface area contributed by atoms with Gasteiger partial charge in [-0.15, -0.1) is 0 Å². The molecule has 4 heteroatoms. The van der Waals surface area contributed by atoms with Gasteiger partial charge in [0, 0.05) is 5.56 Å². The van der Waals surface area contributed by atoms with E-state index in [-0.39, 0.29) is 5.78 Å². The Hall–Kier alpha value is -3.53. The first-order valence-electron chi connectivity index (χ1n) is 8.40. The van der Waals surface area contributed by atoms with Crippen LogP contribution in [0.1, 0.15) is 15.9 Å². The van der Waals surface area contributed by atoms with Gasteiger partial charge in [-0.2, -0.15) is 0 Å². The average molecular weight is 339 g/mol. The monoisotopic (exact) mass is 339 g/mol. The summed E-state index contributed by atoms with van der Waals surface area (Å²) in [6.07, 6.45) is 1.65. The fourth-order valence-electron chi connectivity index (χ4n) is 2.80. The zero-order valence-electron chi connectivity index (χ0n) is 14.3. The molecular formula is C22H17N3O. The molecular weight excluding hydrogens is 322 g/mol. The summed E-state index contributed by atoms with van der Waals surface area (Å²) >= 11 is 0. The number of aryl methyl sites for hydroxylation is 1. The van der Waals surface area contributed by atoms with Crippen LogP contribution < -0.4 is 0 Å². The molecule has 0 N–H and O–H groups in total. The normalized spacial score (nSPS) is 11.7. The van der Waals surface area contributed by atoms with Gasteiger partial charge < -0.3 is 0 Å². The van der Waals surface area contributed by atoms with Gasteiger partial charge in [-0.1, -0.05) is 60.2 Å². The molecule has 0 aliphatic carbocycles. The van der Waals surface area contributed by atoms with Gasteiger partial charge in [0.25, 0.3) is 0 Å². The van der Waals surface area contributed by atoms with Crippen molar-refractivity contribution in [3.8, 4) is 0 Å². The molecule has 26 heavy (non-hydrogen) atoms. The van der Waals surface area contributed by atoms with E-state index < -0.39 is 0 Å². The Bertz CT molecular complexity index is 1090. The van der Waals surface area contributed by atoms with Crippen LogP contribution in [-0.2, 0) is 0 Å². The van der Waals surface area contributed by atoms with Crippen molar-refractivity contribution in [3.63, 3.8) is 0 Å². The number of aliphatic imine (C=N–C) groups is 1. The van der Waals surface area contributed by atoms with Crippen LogP contribution in [0.2, 0.25) is 0 Å². The zero-order chi connectivity index (χ0) is 17.9. The lowest BCUT2D eigenvalue weighted by atomic mass is 10.1. The Morgan fingerprint density at radius 3 is 2.35 bits per heavy atom. The number of carbonyl (C=O) groups excluding carboxylic acids is 1. The van der Waals surface area contributed by atoms with E-state index in [0.29, 0.717) is 11.4 Å². The summed E-state index contributed by atoms with van der Waals surface area (Å²) in [6.45, 7) is 2.02. The first-order valence-corrected chi connectivity index (χ1v) is 8.40. The van der Waals surface area contributed by atoms with Crippen molar-refractivity contribution < 1.29 is 4.79 Å². The van der Waals surface area contributed by atoms with Gasteiger partial charge in [0.1, 0.15) is 6.33 Å². The summed E-state index contributed by atoms with van der Waals surface area (Å²) in [5.74, 6) is 0.183. The van der Waals surface area contributed by atoms with Crippen molar-refractivity contribution in [3.05, 3.63) is 96.3 Å². The number of aromatic nitrogens is 2. The van der Waals surface area contributed by atoms with Crippen molar-refractivity contribution in [1.29, 1.82) is 0 Å². The van der Waals surface area contributed by atoms with Crippen LogP contribution in [0.5, 0.6) is 0 Å². The van der Waals surface area contributed by atoms with Crippen molar-refractivity contribution in [2.24, 2.45) is 4.99 Å². The zero-order valence-corrected chi connectivity index (χ0v) is 14.3. The SMILES string of the molecule is Cc1ccc(N=C(C(=O)c2ccccc2)n2cnc3ccccc32)cc1. The Balaban J connectivity index is 1.89. The maximum atomic E-state index is 13.2. The van der Waals surface area contributed by atoms with Crippen LogP contribution in [-0.4, -0.2) is 21.2 Å². The lowest BCUT2D eigenvalue weighted by Crippen LogP contribution is -2.22. The second-order valence-electron chi connectivity index (χ2n) is 6.07. The number of rotatable bonds is 3. The molecule has 0 amide bonds. The molecule has 0 aliphatic rings. The molecule has 0 atom stereocenters. The second-order valence-corrected chi connectivity index (χ2v) is 6.07. The molecule has 3 aromatic carbocycles. The highest BCUT2D eigenvalue weighted by Gasteiger charge is 2.18. The summed E-state index contributed by atoms with van der Waals surface area (Å²) < 4.78 is 1.75. The van der Waals surface area contributed by atoms with E-state index in [2.05, 4.69) is 9.98 Å². The minimum atomic E-state index is -0.144. The number of nitrogens with zero attached hydrogens (tertiary/aromatic N) is 3. The third-order valence-corrected chi connectivity index (χ3v) is 4.19. The summed E-state index contributed by atoms with van der Waals surface area (Å²) in [5, 5.41) is 0. The molecule has 0 spiro atoms. The van der Waals surface area contributed by atoms with Gasteiger partial charge in [-0.3, -0.25) is 9.36 Å². The quantitative estimate of drug-likeness (QED) is 0.306. The van der Waals surface area contributed by atoms with Crippen LogP contribution in [0, 0.1) is 6.92 Å². The topological polar surface area (TPSA) is 47.2 Å². The van der Waals surface area contributed by atoms with Gasteiger partial charge >= 0.3 is 0 Å². The van der Waals surface area contributed by atoms with Crippen molar-refractivity contribution in [2.45, 2.75) is 6.92 Å². The maximum absolute atomic E-state index is 13.2. The molecule has 126 valence electrons. The highest BCUT2D eigenvalue weighted by molar-refractivity contribution is 6.46. The Labute approximate surface area is 151 Å². The van der Waals surface area contributed by atoms with Crippen LogP contribution in [0.25, 0.3) is 11.0 Å². The van der Waals surface area contributed by atoms with Gasteiger partial charge in [0.15, 0.2) is 5.84 Å². The molecule has 4 aromatic rings. The van der Waals surface area contributed by atoms with E-state index in [9.17, 15) is 4.79 Å². The molecule has 0 saturated heterocycles. The predicted molar refractivity (Wildman–Crippen MR) is 104 cm³/mol. The largest absolute Gasteiger partial charge is 0.285 e. The lowest BCUT2D eigenvalue weighted by molar-refractivity contribution is 0.106. The summed E-state index contributed by atoms with van der Waals surface area (Å²) in [6, 6.07) is 24.7. The molecule has 0 radical (unpaired) electrons. The second kappa shape index (κ2) is 6.76. The third-order valence-electron chi connectivity index (χ3n) is 4.19. The van der Waals surface area contributed by atoms with E-state index in [1.807, 2.05) is 73.7 Å². The number of hydrogen-bond donors (Lipinski definition) is 0. The Morgan fingerprint density at radius 2 is 1.58 bits per heavy atom. The molecule has 4 nitrogen and oxygen atoms in total. The van der Waals surface area contributed by atoms with Gasteiger partial charge in [-0.25, -0.2) is 9.98 Å². The molecule has 1 heterocycles. The summed E-state index contributed by atoms with van der Waals surface area (Å²) in [7, 11) is 0. The van der Waals surface area contributed by atoms with Crippen molar-refractivity contribution >= 4 is 28.3 Å². The number of benzene rings is 3. The van der Waals surface area contributed by atoms with Crippen molar-refractivity contribution in [1.82, 2.24) is 9.55 Å². The highest BCUT2D eigenvalue weighted by Crippen LogP contribution is 2.18. The fourth-order valence-corrected chi connectivity index (χ4v) is 2.80. The van der Waals surface area contributed by atoms with Gasteiger partial charge in [0.05, 0.1) is 16.7 Å². The standard InChI is InChI=1S/C22H17N3O/c1-16-11-13-18(14-12-16)24-22(21(26)17-7-3-2-4-8-17)25-15-23-19-9-5-6-10-20(19)25/h2-15H,1H3. The highest BCUT2D eigenvalue weighted by atomic mass is 16.1. The van der Waals surface area contributed by atoms with Gasteiger partial charge in [0.2, 0.25) is 5.78 Å². The van der Waals surface area contributed by atoms with E-state index in [1.165, 1.54) is 0 Å². The van der Waals surface area contributed by atoms with Crippen LogP contribution >= 0.6 is 0 Å². The number of para-hydroxylation sites is 2. The average Bonchev–Trinajstić information content (AvgIpc) is 3.12. The molecule has 1 aromatic heterocycles. The number of Topliss-reactive ketones (excluding diaryl/α,β-unsaturated/α-hetero) is 1. The summed E-state index contributed by atoms with van der Waals surface area (Å²) in [4.78, 5) is 22.2. The number of fused-ring (bicyclic) bond motifs is 1. The lowest BCUT2D eigenvalue weighted by Gasteiger charge is -2.09. The maximum Gasteiger partial charge on any atom is 0.228 e. The summed E-state index contributed by atoms with van der Waals surface area (Å²) in [5.41, 5.74) is 4.14. The molecule has 0 fully saturated rings. The third kappa shape index (κ3) is 3.05. The van der Waals surface area contributed by atoms with Crippen LogP contribution in [0.3, 0.4) is 0 Å².